The van der Waals surface area contributed by atoms with Crippen molar-refractivity contribution in [1.29, 1.82) is 0 Å². The molecule has 2 aliphatic rings. The summed E-state index contributed by atoms with van der Waals surface area (Å²) in [6.45, 7) is 3.79. The fraction of sp³-hybridized carbons (Fsp3) is 0.815. The Labute approximate surface area is 219 Å². The zero-order valence-electron chi connectivity index (χ0n) is 21.3. The number of ether oxygens (including phenoxy) is 1. The Balaban J connectivity index is 1.49. The highest BCUT2D eigenvalue weighted by molar-refractivity contribution is 8.01. The van der Waals surface area contributed by atoms with E-state index in [1.807, 2.05) is 0 Å². The van der Waals surface area contributed by atoms with Gasteiger partial charge in [0.25, 0.3) is 0 Å². The van der Waals surface area contributed by atoms with Crippen LogP contribution in [0.2, 0.25) is 0 Å². The van der Waals surface area contributed by atoms with E-state index in [2.05, 4.69) is 17.2 Å². The lowest BCUT2D eigenvalue weighted by Gasteiger charge is -2.35. The van der Waals surface area contributed by atoms with Gasteiger partial charge >= 0.3 is 5.97 Å². The van der Waals surface area contributed by atoms with Crippen LogP contribution in [-0.4, -0.2) is 40.9 Å². The average Bonchev–Trinajstić information content (AvgIpc) is 3.12. The first-order valence-electron chi connectivity index (χ1n) is 13.7. The molecule has 1 unspecified atom stereocenters. The fourth-order valence-corrected chi connectivity index (χ4v) is 7.70. The van der Waals surface area contributed by atoms with Crippen LogP contribution in [-0.2, 0) is 14.3 Å². The third-order valence-corrected chi connectivity index (χ3v) is 9.87. The zero-order chi connectivity index (χ0) is 24.9. The van der Waals surface area contributed by atoms with Crippen molar-refractivity contribution in [3.05, 3.63) is 6.20 Å². The molecule has 198 valence electrons. The summed E-state index contributed by atoms with van der Waals surface area (Å²) in [7, 11) is 0. The smallest absolute Gasteiger partial charge is 0.304 e. The lowest BCUT2D eigenvalue weighted by Crippen LogP contribution is -2.26. The van der Waals surface area contributed by atoms with Crippen molar-refractivity contribution < 1.29 is 19.4 Å². The van der Waals surface area contributed by atoms with Gasteiger partial charge < -0.3 is 15.2 Å². The number of carbonyl (C=O) groups is 2. The molecule has 0 spiro atoms. The maximum atomic E-state index is 12.8. The number of thiazole rings is 1. The molecular formula is C27H44N2O4S2. The van der Waals surface area contributed by atoms with Crippen molar-refractivity contribution in [2.45, 2.75) is 101 Å². The van der Waals surface area contributed by atoms with Gasteiger partial charge in [0.1, 0.15) is 0 Å². The van der Waals surface area contributed by atoms with Crippen LogP contribution in [0.5, 0.6) is 0 Å². The van der Waals surface area contributed by atoms with E-state index in [0.29, 0.717) is 29.1 Å². The van der Waals surface area contributed by atoms with Gasteiger partial charge in [0.05, 0.1) is 16.8 Å². The number of rotatable bonds is 14. The van der Waals surface area contributed by atoms with Gasteiger partial charge in [-0.15, -0.1) is 11.8 Å². The molecule has 1 heterocycles. The van der Waals surface area contributed by atoms with Crippen LogP contribution in [0.1, 0.15) is 96.8 Å². The molecular weight excluding hydrogens is 480 g/mol. The molecule has 1 atom stereocenters. The second-order valence-electron chi connectivity index (χ2n) is 10.4. The highest BCUT2D eigenvalue weighted by Gasteiger charge is 2.30. The summed E-state index contributed by atoms with van der Waals surface area (Å²) in [6.07, 6.45) is 18.0. The average molecular weight is 525 g/mol. The summed E-state index contributed by atoms with van der Waals surface area (Å²) in [4.78, 5) is 27.8. The zero-order valence-corrected chi connectivity index (χ0v) is 23.0. The summed E-state index contributed by atoms with van der Waals surface area (Å²) in [5.41, 5.74) is 0. The number of nitrogens with one attached hydrogen (secondary N) is 1. The number of carboxylic acids is 1. The molecule has 0 aliphatic heterocycles. The Bertz CT molecular complexity index is 756. The van der Waals surface area contributed by atoms with Gasteiger partial charge in [-0.25, -0.2) is 4.98 Å². The van der Waals surface area contributed by atoms with Gasteiger partial charge in [0.2, 0.25) is 5.91 Å². The van der Waals surface area contributed by atoms with Gasteiger partial charge in [-0.05, 0) is 69.1 Å². The highest BCUT2D eigenvalue weighted by Crippen LogP contribution is 2.40. The van der Waals surface area contributed by atoms with Crippen LogP contribution in [0.15, 0.2) is 10.4 Å². The molecule has 1 amide bonds. The first-order chi connectivity index (χ1) is 17.0. The van der Waals surface area contributed by atoms with Crippen LogP contribution >= 0.6 is 23.1 Å². The van der Waals surface area contributed by atoms with Crippen molar-refractivity contribution in [3.63, 3.8) is 0 Å². The highest BCUT2D eigenvalue weighted by atomic mass is 32.2. The SMILES string of the molecule is CCOCC1CCC(C(CCC(=O)Nc2ncc(SCCC(=O)O)s2)CC2CCCCCC2)CC1. The number of nitrogens with zero attached hydrogens (tertiary/aromatic N) is 1. The molecule has 2 saturated carbocycles. The van der Waals surface area contributed by atoms with E-state index in [1.165, 1.54) is 93.7 Å². The Hall–Kier alpha value is -1.12. The first kappa shape index (κ1) is 28.5. The maximum absolute atomic E-state index is 12.8. The van der Waals surface area contributed by atoms with E-state index in [4.69, 9.17) is 9.84 Å². The van der Waals surface area contributed by atoms with E-state index in [-0.39, 0.29) is 12.3 Å². The van der Waals surface area contributed by atoms with E-state index in [1.54, 1.807) is 6.20 Å². The molecule has 2 N–H and O–H groups in total. The Morgan fingerprint density at radius 2 is 1.86 bits per heavy atom. The predicted octanol–water partition coefficient (Wildman–Crippen LogP) is 7.25. The lowest BCUT2D eigenvalue weighted by molar-refractivity contribution is -0.136. The van der Waals surface area contributed by atoms with Crippen molar-refractivity contribution >= 4 is 40.1 Å². The molecule has 0 radical (unpaired) electrons. The molecule has 8 heteroatoms. The van der Waals surface area contributed by atoms with E-state index in [9.17, 15) is 9.59 Å². The van der Waals surface area contributed by atoms with Crippen LogP contribution < -0.4 is 5.32 Å². The number of anilines is 1. The van der Waals surface area contributed by atoms with Crippen molar-refractivity contribution in [1.82, 2.24) is 4.98 Å². The number of hydrogen-bond acceptors (Lipinski definition) is 6. The summed E-state index contributed by atoms with van der Waals surface area (Å²) in [6, 6.07) is 0. The monoisotopic (exact) mass is 524 g/mol. The summed E-state index contributed by atoms with van der Waals surface area (Å²) in [5.74, 6) is 2.68. The third-order valence-electron chi connectivity index (χ3n) is 7.76. The van der Waals surface area contributed by atoms with Gasteiger partial charge in [0, 0.05) is 25.4 Å². The van der Waals surface area contributed by atoms with Crippen LogP contribution in [0.25, 0.3) is 0 Å². The molecule has 1 aromatic heterocycles. The number of carbonyl (C=O) groups excluding carboxylic acids is 1. The normalized spacial score (nSPS) is 22.4. The molecule has 35 heavy (non-hydrogen) atoms. The first-order valence-corrected chi connectivity index (χ1v) is 15.5. The molecule has 0 saturated heterocycles. The minimum absolute atomic E-state index is 0.0531. The van der Waals surface area contributed by atoms with Crippen molar-refractivity contribution in [3.8, 4) is 0 Å². The number of thioether (sulfide) groups is 1. The molecule has 6 nitrogen and oxygen atoms in total. The number of carboxylic acid groups (broad SMARTS) is 1. The summed E-state index contributed by atoms with van der Waals surface area (Å²) >= 11 is 2.90. The van der Waals surface area contributed by atoms with Crippen LogP contribution in [0, 0.1) is 23.7 Å². The molecule has 3 rings (SSSR count). The van der Waals surface area contributed by atoms with Crippen LogP contribution in [0.4, 0.5) is 5.13 Å². The minimum Gasteiger partial charge on any atom is -0.481 e. The van der Waals surface area contributed by atoms with E-state index >= 15 is 0 Å². The van der Waals surface area contributed by atoms with Gasteiger partial charge in [-0.3, -0.25) is 9.59 Å². The Morgan fingerprint density at radius 1 is 1.11 bits per heavy atom. The fourth-order valence-electron chi connectivity index (χ4n) is 5.81. The minimum atomic E-state index is -0.795. The van der Waals surface area contributed by atoms with Gasteiger partial charge in [-0.1, -0.05) is 49.9 Å². The Kier molecular flexibility index (Phi) is 12.9. The lowest BCUT2D eigenvalue weighted by atomic mass is 9.71. The largest absolute Gasteiger partial charge is 0.481 e. The topological polar surface area (TPSA) is 88.5 Å². The molecule has 2 aliphatic carbocycles. The summed E-state index contributed by atoms with van der Waals surface area (Å²) < 4.78 is 6.63. The van der Waals surface area contributed by atoms with Gasteiger partial charge in [-0.2, -0.15) is 0 Å². The number of amides is 1. The molecule has 0 bridgehead atoms. The molecule has 0 aromatic carbocycles. The van der Waals surface area contributed by atoms with E-state index < -0.39 is 5.97 Å². The quantitative estimate of drug-likeness (QED) is 0.197. The van der Waals surface area contributed by atoms with Crippen LogP contribution in [0.3, 0.4) is 0 Å². The molecule has 2 fully saturated rings. The predicted molar refractivity (Wildman–Crippen MR) is 144 cm³/mol. The maximum Gasteiger partial charge on any atom is 0.304 e. The van der Waals surface area contributed by atoms with Crippen molar-refractivity contribution in [2.75, 3.05) is 24.3 Å². The Morgan fingerprint density at radius 3 is 2.54 bits per heavy atom. The second-order valence-corrected chi connectivity index (χ2v) is 12.8. The van der Waals surface area contributed by atoms with Gasteiger partial charge in [0.15, 0.2) is 5.13 Å². The number of aromatic nitrogens is 1. The second kappa shape index (κ2) is 15.9. The number of aliphatic carboxylic acids is 1. The molecule has 1 aromatic rings. The number of hydrogen-bond donors (Lipinski definition) is 2. The van der Waals surface area contributed by atoms with E-state index in [0.717, 1.165) is 35.7 Å². The van der Waals surface area contributed by atoms with Crippen molar-refractivity contribution in [2.24, 2.45) is 23.7 Å². The summed E-state index contributed by atoms with van der Waals surface area (Å²) in [5, 5.41) is 12.4. The standard InChI is InChI=1S/C27H44N2O4S2/c1-2-33-19-21-9-11-22(12-10-21)23(17-20-7-5-3-4-6-8-20)13-14-24(30)29-27-28-18-26(35-27)34-16-15-25(31)32/h18,20-23H,2-17,19H2,1H3,(H,31,32)(H,28,29,30). The third kappa shape index (κ3) is 10.8.